The Labute approximate surface area is 450 Å². The number of esters is 2. The first-order valence-electron chi connectivity index (χ1n) is 27.5. The van der Waals surface area contributed by atoms with Gasteiger partial charge in [-0.05, 0) is 128 Å². The van der Waals surface area contributed by atoms with Crippen LogP contribution in [-0.4, -0.2) is 74.9 Å². The summed E-state index contributed by atoms with van der Waals surface area (Å²) in [5.74, 6) is -0.938. The highest BCUT2D eigenvalue weighted by atomic mass is 31.2. The Hall–Kier alpha value is -4.89. The van der Waals surface area contributed by atoms with Gasteiger partial charge in [-0.25, -0.2) is 4.57 Å². The topological polar surface area (TPSA) is 108 Å². The summed E-state index contributed by atoms with van der Waals surface area (Å²) < 4.78 is 34.3. The zero-order valence-electron chi connectivity index (χ0n) is 46.5. The van der Waals surface area contributed by atoms with Crippen molar-refractivity contribution in [3.63, 3.8) is 0 Å². The standard InChI is InChI=1S/C64H98NO8P/c1-6-8-10-12-14-16-18-20-22-24-25-26-27-28-29-30-31-32-33-34-35-36-37-38-39-41-43-45-47-49-51-53-55-57-64(67)73-62(61-72-74(68,69)71-59-58-65(3,4)5)60-70-63(66)56-54-52-50-48-46-44-42-40-23-21-19-17-15-13-11-9-7-2/h8-11,14-17,20-23,25-26,28-29,31-32,34-35,37-38,41-44,47-50,62H,6-7,12-13,18-19,24,27,30,33,36,39-40,45-46,51-61H2,1-5H3/p+1/b10-8-,11-9-,16-14-,17-15-,22-20-,23-21-,26-25-,29-28-,32-31-,35-34-,38-37-,43-41-,44-42-,49-47-,50-48-. The molecule has 0 aliphatic carbocycles. The summed E-state index contributed by atoms with van der Waals surface area (Å²) >= 11 is 0. The summed E-state index contributed by atoms with van der Waals surface area (Å²) in [6, 6.07) is 0. The van der Waals surface area contributed by atoms with Crippen molar-refractivity contribution in [2.24, 2.45) is 0 Å². The summed E-state index contributed by atoms with van der Waals surface area (Å²) in [5, 5.41) is 0. The van der Waals surface area contributed by atoms with E-state index >= 15 is 0 Å². The summed E-state index contributed by atoms with van der Waals surface area (Å²) in [4.78, 5) is 35.6. The molecule has 74 heavy (non-hydrogen) atoms. The highest BCUT2D eigenvalue weighted by Crippen LogP contribution is 2.43. The van der Waals surface area contributed by atoms with Gasteiger partial charge in [-0.15, -0.1) is 0 Å². The predicted octanol–water partition coefficient (Wildman–Crippen LogP) is 17.2. The molecule has 0 spiro atoms. The molecular formula is C64H99NO8P+. The van der Waals surface area contributed by atoms with Gasteiger partial charge in [0, 0.05) is 12.8 Å². The molecule has 0 saturated carbocycles. The molecular weight excluding hydrogens is 942 g/mol. The number of likely N-dealkylation sites (N-methyl/N-ethyl adjacent to an activating group) is 1. The number of quaternary nitrogens is 1. The number of phosphoric ester groups is 1. The quantitative estimate of drug-likeness (QED) is 0.0211. The second kappa shape index (κ2) is 53.0. The van der Waals surface area contributed by atoms with Crippen LogP contribution in [0.25, 0.3) is 0 Å². The summed E-state index contributed by atoms with van der Waals surface area (Å²) in [7, 11) is 1.38. The van der Waals surface area contributed by atoms with E-state index in [0.717, 1.165) is 116 Å². The number of carbonyl (C=O) groups excluding carboxylic acids is 2. The number of unbranched alkanes of at least 4 members (excludes halogenated alkanes) is 3. The first-order chi connectivity index (χ1) is 36.0. The molecule has 9 nitrogen and oxygen atoms in total. The van der Waals surface area contributed by atoms with Crippen LogP contribution in [0, 0.1) is 0 Å². The van der Waals surface area contributed by atoms with Crippen LogP contribution < -0.4 is 0 Å². The van der Waals surface area contributed by atoms with Gasteiger partial charge in [0.2, 0.25) is 0 Å². The number of carbonyl (C=O) groups is 2. The second-order valence-electron chi connectivity index (χ2n) is 18.5. The van der Waals surface area contributed by atoms with E-state index in [0.29, 0.717) is 23.9 Å². The third-order valence-electron chi connectivity index (χ3n) is 10.4. The minimum Gasteiger partial charge on any atom is -0.462 e. The minimum atomic E-state index is -4.42. The molecule has 0 saturated heterocycles. The van der Waals surface area contributed by atoms with Gasteiger partial charge in [0.1, 0.15) is 19.8 Å². The second-order valence-corrected chi connectivity index (χ2v) is 19.9. The SMILES string of the molecule is CC/C=C\C/C=C\C/C=C\C/C=C\C/C=C\C/C=C\C/C=C\C/C=C\C/C=C\C/C=C\CCCCC(=O)OC(COC(=O)CCC/C=C\C/C=C\C/C=C\C/C=C\C/C=C\CC)COP(=O)(O)OCC[N+](C)(C)C. The smallest absolute Gasteiger partial charge is 0.462 e. The van der Waals surface area contributed by atoms with Gasteiger partial charge in [-0.1, -0.05) is 196 Å². The Morgan fingerprint density at radius 2 is 0.730 bits per heavy atom. The molecule has 0 radical (unpaired) electrons. The van der Waals surface area contributed by atoms with Crippen molar-refractivity contribution in [1.29, 1.82) is 0 Å². The van der Waals surface area contributed by atoms with E-state index in [-0.39, 0.29) is 26.1 Å². The van der Waals surface area contributed by atoms with Crippen molar-refractivity contribution < 1.29 is 42.1 Å². The number of allylic oxidation sites excluding steroid dienone is 30. The van der Waals surface area contributed by atoms with Crippen LogP contribution in [0.15, 0.2) is 182 Å². The van der Waals surface area contributed by atoms with Gasteiger partial charge in [-0.2, -0.15) is 0 Å². The fraction of sp³-hybridized carbons (Fsp3) is 0.500. The fourth-order valence-electron chi connectivity index (χ4n) is 6.25. The van der Waals surface area contributed by atoms with E-state index in [1.165, 1.54) is 0 Å². The van der Waals surface area contributed by atoms with Crippen molar-refractivity contribution in [2.75, 3.05) is 47.5 Å². The first kappa shape index (κ1) is 69.1. The van der Waals surface area contributed by atoms with Crippen LogP contribution >= 0.6 is 7.82 Å². The number of hydrogen-bond donors (Lipinski definition) is 1. The van der Waals surface area contributed by atoms with Gasteiger partial charge < -0.3 is 18.9 Å². The van der Waals surface area contributed by atoms with Crippen LogP contribution in [0.1, 0.15) is 155 Å². The Morgan fingerprint density at radius 3 is 1.07 bits per heavy atom. The molecule has 0 fully saturated rings. The highest BCUT2D eigenvalue weighted by Gasteiger charge is 2.27. The molecule has 0 bridgehead atoms. The van der Waals surface area contributed by atoms with Crippen LogP contribution in [0.3, 0.4) is 0 Å². The van der Waals surface area contributed by atoms with E-state index in [1.807, 2.05) is 27.2 Å². The molecule has 0 amide bonds. The van der Waals surface area contributed by atoms with E-state index in [2.05, 4.69) is 190 Å². The van der Waals surface area contributed by atoms with E-state index in [9.17, 15) is 19.0 Å². The molecule has 0 aromatic rings. The third-order valence-corrected chi connectivity index (χ3v) is 11.4. The largest absolute Gasteiger partial charge is 0.472 e. The molecule has 0 aliphatic heterocycles. The van der Waals surface area contributed by atoms with Gasteiger partial charge in [0.15, 0.2) is 6.10 Å². The summed E-state index contributed by atoms with van der Waals surface area (Å²) in [6.45, 7) is 4.04. The fourth-order valence-corrected chi connectivity index (χ4v) is 6.99. The lowest BCUT2D eigenvalue weighted by Gasteiger charge is -2.24. The molecule has 0 aromatic heterocycles. The third kappa shape index (κ3) is 56.4. The maximum Gasteiger partial charge on any atom is 0.472 e. The van der Waals surface area contributed by atoms with Gasteiger partial charge in [-0.3, -0.25) is 18.6 Å². The number of rotatable bonds is 47. The van der Waals surface area contributed by atoms with Crippen LogP contribution in [-0.2, 0) is 32.7 Å². The highest BCUT2D eigenvalue weighted by molar-refractivity contribution is 7.47. The van der Waals surface area contributed by atoms with Crippen LogP contribution in [0.5, 0.6) is 0 Å². The molecule has 0 aromatic carbocycles. The summed E-state index contributed by atoms with van der Waals surface area (Å²) in [6.07, 6.45) is 82.6. The molecule has 2 atom stereocenters. The Balaban J connectivity index is 4.40. The Morgan fingerprint density at radius 1 is 0.419 bits per heavy atom. The first-order valence-corrected chi connectivity index (χ1v) is 29.0. The lowest BCUT2D eigenvalue weighted by atomic mass is 10.2. The normalized spacial score (nSPS) is 14.7. The number of nitrogens with zero attached hydrogens (tertiary/aromatic N) is 1. The van der Waals surface area contributed by atoms with Crippen molar-refractivity contribution in [2.45, 2.75) is 161 Å². The monoisotopic (exact) mass is 1040 g/mol. The van der Waals surface area contributed by atoms with Crippen molar-refractivity contribution >= 4 is 19.8 Å². The van der Waals surface area contributed by atoms with Crippen molar-refractivity contribution in [1.82, 2.24) is 0 Å². The van der Waals surface area contributed by atoms with Gasteiger partial charge in [0.05, 0.1) is 27.7 Å². The summed E-state index contributed by atoms with van der Waals surface area (Å²) in [5.41, 5.74) is 0. The molecule has 0 heterocycles. The average molecular weight is 1040 g/mol. The molecule has 0 rings (SSSR count). The molecule has 412 valence electrons. The van der Waals surface area contributed by atoms with E-state index < -0.39 is 32.5 Å². The molecule has 10 heteroatoms. The minimum absolute atomic E-state index is 0.00241. The molecule has 0 aliphatic rings. The molecule has 1 N–H and O–H groups in total. The van der Waals surface area contributed by atoms with Crippen LogP contribution in [0.2, 0.25) is 0 Å². The van der Waals surface area contributed by atoms with Gasteiger partial charge >= 0.3 is 19.8 Å². The number of phosphoric acid groups is 1. The van der Waals surface area contributed by atoms with E-state index in [1.54, 1.807) is 0 Å². The Bertz CT molecular complexity index is 1900. The number of ether oxygens (including phenoxy) is 2. The zero-order chi connectivity index (χ0) is 54.2. The van der Waals surface area contributed by atoms with Crippen molar-refractivity contribution in [3.05, 3.63) is 182 Å². The lowest BCUT2D eigenvalue weighted by molar-refractivity contribution is -0.870. The average Bonchev–Trinajstić information content (AvgIpc) is 3.36. The predicted molar refractivity (Wildman–Crippen MR) is 315 cm³/mol. The van der Waals surface area contributed by atoms with E-state index in [4.69, 9.17) is 18.5 Å². The Kier molecular flexibility index (Phi) is 49.5. The zero-order valence-corrected chi connectivity index (χ0v) is 47.4. The number of hydrogen-bond acceptors (Lipinski definition) is 7. The van der Waals surface area contributed by atoms with Crippen LogP contribution in [0.4, 0.5) is 0 Å². The van der Waals surface area contributed by atoms with Crippen molar-refractivity contribution in [3.8, 4) is 0 Å². The van der Waals surface area contributed by atoms with Gasteiger partial charge in [0.25, 0.3) is 0 Å². The maximum atomic E-state index is 12.8. The lowest BCUT2D eigenvalue weighted by Crippen LogP contribution is -2.37. The maximum absolute atomic E-state index is 12.8. The molecule has 2 unspecified atom stereocenters.